The smallest absolute Gasteiger partial charge is 0.242 e. The van der Waals surface area contributed by atoms with E-state index in [1.807, 2.05) is 13.8 Å². The van der Waals surface area contributed by atoms with E-state index in [1.165, 1.54) is 30.0 Å². The number of nitrogens with zero attached hydrogens (tertiary/aromatic N) is 2. The number of nitrogens with one attached hydrogen (secondary N) is 1. The lowest BCUT2D eigenvalue weighted by atomic mass is 10.2. The van der Waals surface area contributed by atoms with Crippen molar-refractivity contribution < 1.29 is 14.0 Å². The third-order valence-electron chi connectivity index (χ3n) is 3.20. The second kappa shape index (κ2) is 7.79. The van der Waals surface area contributed by atoms with Gasteiger partial charge in [-0.2, -0.15) is 0 Å². The third kappa shape index (κ3) is 4.23. The van der Waals surface area contributed by atoms with Crippen LogP contribution in [0, 0.1) is 5.82 Å². The van der Waals surface area contributed by atoms with Crippen molar-refractivity contribution in [1.82, 2.24) is 4.90 Å². The summed E-state index contributed by atoms with van der Waals surface area (Å²) in [6.07, 6.45) is 0.0255. The standard InChI is InChI=1S/C15H17ClFN3O2S/c1-3-18-15-20(4-2)14(22)12(23-15)8-13(21)19-9-5-6-11(17)10(16)7-9/h5-7,12H,3-4,8H2,1-2H3,(H,19,21)/t12-/m0/s1. The minimum atomic E-state index is -0.551. The first kappa shape index (κ1) is 17.7. The van der Waals surface area contributed by atoms with Crippen molar-refractivity contribution in [1.29, 1.82) is 0 Å². The number of benzene rings is 1. The number of hydrogen-bond donors (Lipinski definition) is 1. The Morgan fingerprint density at radius 1 is 1.48 bits per heavy atom. The number of aliphatic imine (C=N–C) groups is 1. The Bertz CT molecular complexity index is 654. The van der Waals surface area contributed by atoms with Crippen LogP contribution in [0.25, 0.3) is 0 Å². The fourth-order valence-corrected chi connectivity index (χ4v) is 3.59. The van der Waals surface area contributed by atoms with Gasteiger partial charge in [0.05, 0.1) is 5.02 Å². The van der Waals surface area contributed by atoms with Crippen molar-refractivity contribution in [2.75, 3.05) is 18.4 Å². The van der Waals surface area contributed by atoms with Crippen LogP contribution in [-0.2, 0) is 9.59 Å². The van der Waals surface area contributed by atoms with Gasteiger partial charge in [0.25, 0.3) is 0 Å². The van der Waals surface area contributed by atoms with Gasteiger partial charge in [0.15, 0.2) is 5.17 Å². The number of amidine groups is 1. The summed E-state index contributed by atoms with van der Waals surface area (Å²) >= 11 is 6.98. The Morgan fingerprint density at radius 2 is 2.22 bits per heavy atom. The zero-order valence-electron chi connectivity index (χ0n) is 12.8. The third-order valence-corrected chi connectivity index (χ3v) is 4.71. The summed E-state index contributed by atoms with van der Waals surface area (Å²) < 4.78 is 13.1. The van der Waals surface area contributed by atoms with Crippen LogP contribution >= 0.6 is 23.4 Å². The number of hydrogen-bond acceptors (Lipinski definition) is 4. The minimum absolute atomic E-state index is 0.0255. The molecule has 124 valence electrons. The molecule has 0 aliphatic carbocycles. The maximum absolute atomic E-state index is 13.1. The topological polar surface area (TPSA) is 61.8 Å². The van der Waals surface area contributed by atoms with Gasteiger partial charge < -0.3 is 5.32 Å². The predicted octanol–water partition coefficient (Wildman–Crippen LogP) is 3.15. The van der Waals surface area contributed by atoms with E-state index in [9.17, 15) is 14.0 Å². The molecule has 1 aromatic carbocycles. The van der Waals surface area contributed by atoms with Gasteiger partial charge in [-0.15, -0.1) is 0 Å². The molecule has 1 saturated heterocycles. The zero-order chi connectivity index (χ0) is 17.0. The monoisotopic (exact) mass is 357 g/mol. The van der Waals surface area contributed by atoms with Crippen LogP contribution < -0.4 is 5.32 Å². The SMILES string of the molecule is CCN=C1S[C@@H](CC(=O)Nc2ccc(F)c(Cl)c2)C(=O)N1CC. The predicted molar refractivity (Wildman–Crippen MR) is 91.4 cm³/mol. The van der Waals surface area contributed by atoms with Crippen molar-refractivity contribution in [3.63, 3.8) is 0 Å². The molecule has 1 aromatic rings. The summed E-state index contributed by atoms with van der Waals surface area (Å²) in [6, 6.07) is 3.93. The highest BCUT2D eigenvalue weighted by atomic mass is 35.5. The second-order valence-electron chi connectivity index (χ2n) is 4.83. The Hall–Kier alpha value is -1.60. The summed E-state index contributed by atoms with van der Waals surface area (Å²) in [7, 11) is 0. The maximum Gasteiger partial charge on any atom is 0.242 e. The molecule has 0 spiro atoms. The summed E-state index contributed by atoms with van der Waals surface area (Å²) in [5.41, 5.74) is 0.395. The molecule has 8 heteroatoms. The Balaban J connectivity index is 2.01. The van der Waals surface area contributed by atoms with E-state index in [-0.39, 0.29) is 23.3 Å². The van der Waals surface area contributed by atoms with Crippen LogP contribution in [0.3, 0.4) is 0 Å². The molecule has 2 rings (SSSR count). The molecule has 0 radical (unpaired) electrons. The molecular formula is C15H17ClFN3O2S. The van der Waals surface area contributed by atoms with Crippen LogP contribution in [0.2, 0.25) is 5.02 Å². The quantitative estimate of drug-likeness (QED) is 0.880. The molecular weight excluding hydrogens is 341 g/mol. The van der Waals surface area contributed by atoms with E-state index < -0.39 is 11.1 Å². The lowest BCUT2D eigenvalue weighted by molar-refractivity contribution is -0.128. The average Bonchev–Trinajstić information content (AvgIpc) is 2.79. The van der Waals surface area contributed by atoms with Gasteiger partial charge in [-0.3, -0.25) is 19.5 Å². The van der Waals surface area contributed by atoms with Crippen LogP contribution in [0.5, 0.6) is 0 Å². The summed E-state index contributed by atoms with van der Waals surface area (Å²) in [5.74, 6) is -0.991. The molecule has 0 bridgehead atoms. The van der Waals surface area contributed by atoms with E-state index >= 15 is 0 Å². The number of carbonyl (C=O) groups excluding carboxylic acids is 2. The molecule has 1 atom stereocenters. The van der Waals surface area contributed by atoms with Crippen LogP contribution in [0.15, 0.2) is 23.2 Å². The number of carbonyl (C=O) groups is 2. The molecule has 2 amide bonds. The van der Waals surface area contributed by atoms with E-state index in [2.05, 4.69) is 10.3 Å². The largest absolute Gasteiger partial charge is 0.326 e. The number of halogens is 2. The Kier molecular flexibility index (Phi) is 6.01. The minimum Gasteiger partial charge on any atom is -0.326 e. The highest BCUT2D eigenvalue weighted by Gasteiger charge is 2.38. The number of rotatable bonds is 5. The Morgan fingerprint density at radius 3 is 2.83 bits per heavy atom. The van der Waals surface area contributed by atoms with Crippen molar-refractivity contribution in [2.45, 2.75) is 25.5 Å². The van der Waals surface area contributed by atoms with Crippen LogP contribution in [0.1, 0.15) is 20.3 Å². The summed E-state index contributed by atoms with van der Waals surface area (Å²) in [5, 5.41) is 2.72. The van der Waals surface area contributed by atoms with Crippen LogP contribution in [0.4, 0.5) is 10.1 Å². The first-order valence-corrected chi connectivity index (χ1v) is 8.49. The van der Waals surface area contributed by atoms with E-state index in [1.54, 1.807) is 4.90 Å². The molecule has 1 aliphatic heterocycles. The molecule has 0 unspecified atom stereocenters. The van der Waals surface area contributed by atoms with Gasteiger partial charge in [0, 0.05) is 25.2 Å². The lowest BCUT2D eigenvalue weighted by Crippen LogP contribution is -2.33. The van der Waals surface area contributed by atoms with Gasteiger partial charge in [0.1, 0.15) is 11.1 Å². The van der Waals surface area contributed by atoms with E-state index in [4.69, 9.17) is 11.6 Å². The molecule has 1 heterocycles. The summed E-state index contributed by atoms with van der Waals surface area (Å²) in [4.78, 5) is 30.2. The van der Waals surface area contributed by atoms with Gasteiger partial charge in [-0.25, -0.2) is 4.39 Å². The first-order valence-electron chi connectivity index (χ1n) is 7.23. The van der Waals surface area contributed by atoms with Crippen molar-refractivity contribution in [3.05, 3.63) is 29.0 Å². The van der Waals surface area contributed by atoms with Crippen LogP contribution in [-0.4, -0.2) is 40.2 Å². The van der Waals surface area contributed by atoms with Crippen molar-refractivity contribution in [2.24, 2.45) is 4.99 Å². The normalized spacial score (nSPS) is 19.5. The Labute approximate surface area is 143 Å². The molecule has 1 aliphatic rings. The lowest BCUT2D eigenvalue weighted by Gasteiger charge is -2.13. The zero-order valence-corrected chi connectivity index (χ0v) is 14.4. The van der Waals surface area contributed by atoms with Gasteiger partial charge in [-0.05, 0) is 32.0 Å². The van der Waals surface area contributed by atoms with Gasteiger partial charge in [-0.1, -0.05) is 23.4 Å². The van der Waals surface area contributed by atoms with Crippen molar-refractivity contribution in [3.8, 4) is 0 Å². The fraction of sp³-hybridized carbons (Fsp3) is 0.400. The van der Waals surface area contributed by atoms with Crippen molar-refractivity contribution >= 4 is 46.0 Å². The highest BCUT2D eigenvalue weighted by Crippen LogP contribution is 2.30. The van der Waals surface area contributed by atoms with E-state index in [0.717, 1.165) is 0 Å². The maximum atomic E-state index is 13.1. The molecule has 0 aromatic heterocycles. The average molecular weight is 358 g/mol. The summed E-state index contributed by atoms with van der Waals surface area (Å²) in [6.45, 7) is 4.87. The van der Waals surface area contributed by atoms with E-state index in [0.29, 0.717) is 23.9 Å². The van der Waals surface area contributed by atoms with Gasteiger partial charge >= 0.3 is 0 Å². The number of amides is 2. The first-order chi connectivity index (χ1) is 11.0. The number of thioether (sulfide) groups is 1. The number of anilines is 1. The molecule has 1 N–H and O–H groups in total. The second-order valence-corrected chi connectivity index (χ2v) is 6.40. The molecule has 23 heavy (non-hydrogen) atoms. The van der Waals surface area contributed by atoms with Gasteiger partial charge in [0.2, 0.25) is 11.8 Å². The molecule has 5 nitrogen and oxygen atoms in total. The fourth-order valence-electron chi connectivity index (χ4n) is 2.14. The molecule has 1 fully saturated rings. The molecule has 0 saturated carbocycles. The highest BCUT2D eigenvalue weighted by molar-refractivity contribution is 8.15.